The molecule has 0 radical (unpaired) electrons. The van der Waals surface area contributed by atoms with Gasteiger partial charge >= 0.3 is 0 Å². The number of amides is 1. The van der Waals surface area contributed by atoms with E-state index in [0.717, 1.165) is 10.6 Å². The Labute approximate surface area is 178 Å². The van der Waals surface area contributed by atoms with Crippen LogP contribution in [0.5, 0.6) is 17.2 Å². The number of hydrogen-bond donors (Lipinski definition) is 3. The highest BCUT2D eigenvalue weighted by molar-refractivity contribution is 8.00. The Morgan fingerprint density at radius 3 is 2.70 bits per heavy atom. The number of fused-ring (bicyclic) bond motifs is 1. The first-order valence-corrected chi connectivity index (χ1v) is 10.4. The summed E-state index contributed by atoms with van der Waals surface area (Å²) in [5, 5.41) is 22.9. The van der Waals surface area contributed by atoms with Gasteiger partial charge in [-0.25, -0.2) is 0 Å². The fraction of sp³-hybridized carbons (Fsp3) is 0.381. The SMILES string of the molecule is COc1ccc(SC2CC(O)[C@H](NC(=O)c3ccc4c(c3)OCO4)O[C@@H]2CO)cc1. The van der Waals surface area contributed by atoms with Crippen LogP contribution in [-0.4, -0.2) is 60.3 Å². The summed E-state index contributed by atoms with van der Waals surface area (Å²) < 4.78 is 21.5. The zero-order valence-corrected chi connectivity index (χ0v) is 17.1. The number of carbonyl (C=O) groups excluding carboxylic acids is 1. The number of methoxy groups -OCH3 is 1. The molecule has 1 fully saturated rings. The van der Waals surface area contributed by atoms with Gasteiger partial charge in [0.1, 0.15) is 5.75 Å². The zero-order chi connectivity index (χ0) is 21.1. The largest absolute Gasteiger partial charge is 0.497 e. The van der Waals surface area contributed by atoms with E-state index in [1.165, 1.54) is 11.8 Å². The van der Waals surface area contributed by atoms with Crippen molar-refractivity contribution in [2.24, 2.45) is 0 Å². The van der Waals surface area contributed by atoms with Crippen LogP contribution in [0.15, 0.2) is 47.4 Å². The summed E-state index contributed by atoms with van der Waals surface area (Å²) in [6.45, 7) is -0.104. The maximum absolute atomic E-state index is 12.6. The smallest absolute Gasteiger partial charge is 0.253 e. The van der Waals surface area contributed by atoms with E-state index in [4.69, 9.17) is 18.9 Å². The van der Waals surface area contributed by atoms with Crippen LogP contribution < -0.4 is 19.5 Å². The Hall–Kier alpha value is -2.46. The summed E-state index contributed by atoms with van der Waals surface area (Å²) in [5.41, 5.74) is 0.366. The highest BCUT2D eigenvalue weighted by Crippen LogP contribution is 2.35. The molecule has 3 N–H and O–H groups in total. The number of aliphatic hydroxyl groups excluding tert-OH is 2. The summed E-state index contributed by atoms with van der Waals surface area (Å²) in [6.07, 6.45) is -2.02. The van der Waals surface area contributed by atoms with E-state index in [1.807, 2.05) is 24.3 Å². The Balaban J connectivity index is 1.39. The molecule has 9 heteroatoms. The van der Waals surface area contributed by atoms with Gasteiger partial charge in [-0.1, -0.05) is 0 Å². The van der Waals surface area contributed by atoms with Crippen molar-refractivity contribution in [2.45, 2.75) is 35.0 Å². The second-order valence-electron chi connectivity index (χ2n) is 6.95. The fourth-order valence-electron chi connectivity index (χ4n) is 3.37. The molecule has 4 atom stereocenters. The lowest BCUT2D eigenvalue weighted by Gasteiger charge is -2.38. The molecule has 1 amide bonds. The van der Waals surface area contributed by atoms with Gasteiger partial charge in [0.15, 0.2) is 17.7 Å². The molecule has 2 aliphatic rings. The molecule has 2 aromatic rings. The van der Waals surface area contributed by atoms with Crippen molar-refractivity contribution in [3.8, 4) is 17.2 Å². The number of thioether (sulfide) groups is 1. The minimum Gasteiger partial charge on any atom is -0.497 e. The van der Waals surface area contributed by atoms with E-state index in [0.29, 0.717) is 23.5 Å². The van der Waals surface area contributed by atoms with Gasteiger partial charge in [0.05, 0.1) is 25.9 Å². The van der Waals surface area contributed by atoms with Crippen LogP contribution >= 0.6 is 11.8 Å². The topological polar surface area (TPSA) is 106 Å². The maximum atomic E-state index is 12.6. The van der Waals surface area contributed by atoms with Gasteiger partial charge in [0, 0.05) is 15.7 Å². The molecule has 2 aromatic carbocycles. The van der Waals surface area contributed by atoms with Crippen LogP contribution in [0.1, 0.15) is 16.8 Å². The molecule has 30 heavy (non-hydrogen) atoms. The second kappa shape index (κ2) is 9.13. The average Bonchev–Trinajstić information content (AvgIpc) is 3.24. The molecule has 0 aromatic heterocycles. The first-order valence-electron chi connectivity index (χ1n) is 9.53. The quantitative estimate of drug-likeness (QED) is 0.633. The van der Waals surface area contributed by atoms with Crippen LogP contribution in [0.2, 0.25) is 0 Å². The molecule has 4 rings (SSSR count). The highest BCUT2D eigenvalue weighted by atomic mass is 32.2. The standard InChI is InChI=1S/C21H23NO7S/c1-26-13-3-5-14(6-4-13)30-19-9-15(24)21(29-18(19)10-23)22-20(25)12-2-7-16-17(8-12)28-11-27-16/h2-8,15,18-19,21,23-24H,9-11H2,1H3,(H,22,25)/t15?,18-,19?,21-/m1/s1. The fourth-order valence-corrected chi connectivity index (χ4v) is 4.61. The monoisotopic (exact) mass is 433 g/mol. The summed E-state index contributed by atoms with van der Waals surface area (Å²) in [7, 11) is 1.60. The second-order valence-corrected chi connectivity index (χ2v) is 8.27. The molecular weight excluding hydrogens is 410 g/mol. The average molecular weight is 433 g/mol. The lowest BCUT2D eigenvalue weighted by atomic mass is 10.0. The van der Waals surface area contributed by atoms with E-state index in [9.17, 15) is 15.0 Å². The van der Waals surface area contributed by atoms with Gasteiger partial charge in [0.25, 0.3) is 5.91 Å². The van der Waals surface area contributed by atoms with Crippen molar-refractivity contribution in [1.82, 2.24) is 5.32 Å². The summed E-state index contributed by atoms with van der Waals surface area (Å²) in [5.74, 6) is 1.43. The number of hydrogen-bond acceptors (Lipinski definition) is 8. The molecule has 8 nitrogen and oxygen atoms in total. The molecule has 0 spiro atoms. The van der Waals surface area contributed by atoms with E-state index < -0.39 is 24.3 Å². The Kier molecular flexibility index (Phi) is 6.33. The zero-order valence-electron chi connectivity index (χ0n) is 16.3. The summed E-state index contributed by atoms with van der Waals surface area (Å²) >= 11 is 1.51. The van der Waals surface area contributed by atoms with E-state index in [1.54, 1.807) is 25.3 Å². The Bertz CT molecular complexity index is 891. The van der Waals surface area contributed by atoms with Crippen molar-refractivity contribution in [3.05, 3.63) is 48.0 Å². The van der Waals surface area contributed by atoms with Crippen LogP contribution in [0.3, 0.4) is 0 Å². The van der Waals surface area contributed by atoms with Gasteiger partial charge in [-0.2, -0.15) is 0 Å². The molecule has 0 aliphatic carbocycles. The normalized spacial score (nSPS) is 25.0. The maximum Gasteiger partial charge on any atom is 0.253 e. The van der Waals surface area contributed by atoms with Crippen molar-refractivity contribution >= 4 is 17.7 Å². The van der Waals surface area contributed by atoms with Crippen LogP contribution in [0.25, 0.3) is 0 Å². The molecule has 160 valence electrons. The molecule has 2 aliphatic heterocycles. The third-order valence-electron chi connectivity index (χ3n) is 4.99. The number of carbonyl (C=O) groups is 1. The molecule has 0 bridgehead atoms. The lowest BCUT2D eigenvalue weighted by molar-refractivity contribution is -0.134. The summed E-state index contributed by atoms with van der Waals surface area (Å²) in [6, 6.07) is 12.4. The minimum absolute atomic E-state index is 0.121. The third-order valence-corrected chi connectivity index (χ3v) is 6.34. The Morgan fingerprint density at radius 1 is 1.20 bits per heavy atom. The van der Waals surface area contributed by atoms with E-state index in [-0.39, 0.29) is 18.6 Å². The predicted octanol–water partition coefficient (Wildman–Crippen LogP) is 1.78. The molecule has 2 unspecified atom stereocenters. The summed E-state index contributed by atoms with van der Waals surface area (Å²) in [4.78, 5) is 13.6. The number of benzene rings is 2. The van der Waals surface area contributed by atoms with Gasteiger partial charge in [-0.3, -0.25) is 4.79 Å². The van der Waals surface area contributed by atoms with Gasteiger partial charge < -0.3 is 34.5 Å². The van der Waals surface area contributed by atoms with Gasteiger partial charge in [0.2, 0.25) is 6.79 Å². The number of rotatable bonds is 6. The number of aliphatic hydroxyl groups is 2. The van der Waals surface area contributed by atoms with E-state index >= 15 is 0 Å². The molecule has 0 saturated carbocycles. The minimum atomic E-state index is -0.923. The van der Waals surface area contributed by atoms with Crippen molar-refractivity contribution < 1.29 is 34.0 Å². The van der Waals surface area contributed by atoms with Gasteiger partial charge in [-0.05, 0) is 48.9 Å². The predicted molar refractivity (Wildman–Crippen MR) is 109 cm³/mol. The van der Waals surface area contributed by atoms with Crippen LogP contribution in [0, 0.1) is 0 Å². The van der Waals surface area contributed by atoms with E-state index in [2.05, 4.69) is 5.32 Å². The van der Waals surface area contributed by atoms with Gasteiger partial charge in [-0.15, -0.1) is 11.8 Å². The van der Waals surface area contributed by atoms with Crippen LogP contribution in [0.4, 0.5) is 0 Å². The molecule has 2 heterocycles. The van der Waals surface area contributed by atoms with Crippen molar-refractivity contribution in [1.29, 1.82) is 0 Å². The molecular formula is C21H23NO7S. The van der Waals surface area contributed by atoms with Crippen molar-refractivity contribution in [3.63, 3.8) is 0 Å². The third kappa shape index (κ3) is 4.49. The number of ether oxygens (including phenoxy) is 4. The first-order chi connectivity index (χ1) is 14.6. The lowest BCUT2D eigenvalue weighted by Crippen LogP contribution is -2.55. The van der Waals surface area contributed by atoms with Crippen LogP contribution in [-0.2, 0) is 4.74 Å². The first kappa shape index (κ1) is 20.8. The van der Waals surface area contributed by atoms with Crippen molar-refractivity contribution in [2.75, 3.05) is 20.5 Å². The number of nitrogens with one attached hydrogen (secondary N) is 1. The Morgan fingerprint density at radius 2 is 1.97 bits per heavy atom. The molecule has 1 saturated heterocycles. The highest BCUT2D eigenvalue weighted by Gasteiger charge is 2.38.